The molecule has 4 nitrogen and oxygen atoms in total. The number of allylic oxidation sites excluding steroid dienone is 2. The molecular formula is C14H20N2O2. The lowest BCUT2D eigenvalue weighted by Crippen LogP contribution is -2.39. The van der Waals surface area contributed by atoms with E-state index in [1.54, 1.807) is 0 Å². The van der Waals surface area contributed by atoms with E-state index in [0.717, 1.165) is 6.42 Å². The molecule has 98 valence electrons. The van der Waals surface area contributed by atoms with Crippen LogP contribution >= 0.6 is 0 Å². The Kier molecular flexibility index (Phi) is 2.77. The minimum Gasteiger partial charge on any atom is -0.313 e. The van der Waals surface area contributed by atoms with E-state index in [9.17, 15) is 9.59 Å². The maximum Gasteiger partial charge on any atom is 0.233 e. The summed E-state index contributed by atoms with van der Waals surface area (Å²) in [6, 6.07) is 0.384. The molecule has 1 N–H and O–H groups in total. The molecule has 3 rings (SSSR count). The number of fused-ring (bicyclic) bond motifs is 5. The van der Waals surface area contributed by atoms with E-state index in [1.165, 1.54) is 4.90 Å². The molecule has 1 aliphatic heterocycles. The van der Waals surface area contributed by atoms with Gasteiger partial charge in [0.1, 0.15) is 0 Å². The normalized spacial score (nSPS) is 37.2. The van der Waals surface area contributed by atoms with Gasteiger partial charge in [0.25, 0.3) is 0 Å². The van der Waals surface area contributed by atoms with Crippen LogP contribution in [0.5, 0.6) is 0 Å². The van der Waals surface area contributed by atoms with Crippen molar-refractivity contribution in [3.63, 3.8) is 0 Å². The standard InChI is InChI=1S/C14H20N2O2/c1-8(2)15-5-6-16-13(17)11-9-3-4-10(7-9)12(11)14(16)18/h3-4,8-12,15H,5-7H2,1-2H3. The smallest absolute Gasteiger partial charge is 0.233 e. The lowest BCUT2D eigenvalue weighted by atomic mass is 9.85. The van der Waals surface area contributed by atoms with Crippen LogP contribution in [0.2, 0.25) is 0 Å². The molecule has 0 radical (unpaired) electrons. The predicted molar refractivity (Wildman–Crippen MR) is 67.6 cm³/mol. The fourth-order valence-corrected chi connectivity index (χ4v) is 3.65. The maximum atomic E-state index is 12.3. The van der Waals surface area contributed by atoms with Crippen molar-refractivity contribution in [1.82, 2.24) is 10.2 Å². The van der Waals surface area contributed by atoms with Crippen molar-refractivity contribution < 1.29 is 9.59 Å². The molecule has 0 spiro atoms. The molecule has 3 aliphatic rings. The number of hydrogen-bond donors (Lipinski definition) is 1. The fraction of sp³-hybridized carbons (Fsp3) is 0.714. The van der Waals surface area contributed by atoms with Crippen molar-refractivity contribution in [2.45, 2.75) is 26.3 Å². The average Bonchev–Trinajstić information content (AvgIpc) is 2.97. The number of amides is 2. The number of carbonyl (C=O) groups excluding carboxylic acids is 2. The number of hydrogen-bond acceptors (Lipinski definition) is 3. The van der Waals surface area contributed by atoms with E-state index in [-0.39, 0.29) is 23.7 Å². The van der Waals surface area contributed by atoms with Crippen LogP contribution in [0, 0.1) is 23.7 Å². The molecule has 2 bridgehead atoms. The van der Waals surface area contributed by atoms with Crippen LogP contribution < -0.4 is 5.32 Å². The molecule has 4 heteroatoms. The number of nitrogens with one attached hydrogen (secondary N) is 1. The molecule has 18 heavy (non-hydrogen) atoms. The van der Waals surface area contributed by atoms with E-state index in [0.29, 0.717) is 31.0 Å². The third-order valence-electron chi connectivity index (χ3n) is 4.45. The number of carbonyl (C=O) groups is 2. The number of rotatable bonds is 4. The third kappa shape index (κ3) is 1.62. The number of nitrogens with zero attached hydrogens (tertiary/aromatic N) is 1. The zero-order chi connectivity index (χ0) is 12.9. The SMILES string of the molecule is CC(C)NCCN1C(=O)C2C3C=CC(C3)C2C1=O. The van der Waals surface area contributed by atoms with Gasteiger partial charge in [-0.3, -0.25) is 14.5 Å². The Balaban J connectivity index is 1.68. The minimum atomic E-state index is -0.0495. The molecule has 0 aromatic heterocycles. The quantitative estimate of drug-likeness (QED) is 0.591. The molecule has 4 atom stereocenters. The van der Waals surface area contributed by atoms with Gasteiger partial charge in [0.15, 0.2) is 0 Å². The molecule has 4 unspecified atom stereocenters. The fourth-order valence-electron chi connectivity index (χ4n) is 3.65. The first-order valence-corrected chi connectivity index (χ1v) is 6.86. The first-order valence-electron chi connectivity index (χ1n) is 6.86. The lowest BCUT2D eigenvalue weighted by Gasteiger charge is -2.18. The molecule has 2 aliphatic carbocycles. The van der Waals surface area contributed by atoms with E-state index in [1.807, 2.05) is 0 Å². The first kappa shape index (κ1) is 11.9. The second-order valence-electron chi connectivity index (χ2n) is 5.94. The summed E-state index contributed by atoms with van der Waals surface area (Å²) in [5.74, 6) is 0.664. The van der Waals surface area contributed by atoms with Crippen LogP contribution in [0.4, 0.5) is 0 Å². The van der Waals surface area contributed by atoms with Gasteiger partial charge in [0, 0.05) is 19.1 Å². The van der Waals surface area contributed by atoms with Gasteiger partial charge in [-0.1, -0.05) is 26.0 Å². The summed E-state index contributed by atoms with van der Waals surface area (Å²) in [6.07, 6.45) is 5.27. The Morgan fingerprint density at radius 3 is 2.28 bits per heavy atom. The second kappa shape index (κ2) is 4.19. The molecular weight excluding hydrogens is 228 g/mol. The van der Waals surface area contributed by atoms with Crippen LogP contribution in [0.3, 0.4) is 0 Å². The Bertz CT molecular complexity index is 386. The summed E-state index contributed by atoms with van der Waals surface area (Å²) in [5.41, 5.74) is 0. The van der Waals surface area contributed by atoms with Crippen molar-refractivity contribution in [1.29, 1.82) is 0 Å². The van der Waals surface area contributed by atoms with Crippen molar-refractivity contribution in [3.05, 3.63) is 12.2 Å². The van der Waals surface area contributed by atoms with Gasteiger partial charge < -0.3 is 5.32 Å². The minimum absolute atomic E-state index is 0.0495. The van der Waals surface area contributed by atoms with Gasteiger partial charge in [-0.2, -0.15) is 0 Å². The topological polar surface area (TPSA) is 49.4 Å². The highest BCUT2D eigenvalue weighted by Gasteiger charge is 2.58. The van der Waals surface area contributed by atoms with Gasteiger partial charge >= 0.3 is 0 Å². The number of imide groups is 1. The highest BCUT2D eigenvalue weighted by atomic mass is 16.2. The molecule has 2 fully saturated rings. The van der Waals surface area contributed by atoms with Gasteiger partial charge in [-0.05, 0) is 18.3 Å². The summed E-state index contributed by atoms with van der Waals surface area (Å²) in [6.45, 7) is 5.33. The van der Waals surface area contributed by atoms with Crippen LogP contribution in [-0.4, -0.2) is 35.8 Å². The third-order valence-corrected chi connectivity index (χ3v) is 4.45. The maximum absolute atomic E-state index is 12.3. The van der Waals surface area contributed by atoms with Crippen molar-refractivity contribution in [2.75, 3.05) is 13.1 Å². The Morgan fingerprint density at radius 2 is 1.78 bits per heavy atom. The van der Waals surface area contributed by atoms with E-state index < -0.39 is 0 Å². The summed E-state index contributed by atoms with van der Waals surface area (Å²) in [4.78, 5) is 26.1. The van der Waals surface area contributed by atoms with Crippen LogP contribution in [0.15, 0.2) is 12.2 Å². The Hall–Kier alpha value is -1.16. The molecule has 0 aromatic carbocycles. The monoisotopic (exact) mass is 248 g/mol. The van der Waals surface area contributed by atoms with Gasteiger partial charge in [-0.15, -0.1) is 0 Å². The Labute approximate surface area is 107 Å². The highest BCUT2D eigenvalue weighted by Crippen LogP contribution is 2.52. The first-order chi connectivity index (χ1) is 8.59. The largest absolute Gasteiger partial charge is 0.313 e. The van der Waals surface area contributed by atoms with E-state index in [2.05, 4.69) is 31.3 Å². The molecule has 2 amide bonds. The van der Waals surface area contributed by atoms with Crippen molar-refractivity contribution in [2.24, 2.45) is 23.7 Å². The highest BCUT2D eigenvalue weighted by molar-refractivity contribution is 6.06. The van der Waals surface area contributed by atoms with Crippen LogP contribution in [0.1, 0.15) is 20.3 Å². The van der Waals surface area contributed by atoms with Gasteiger partial charge in [0.05, 0.1) is 11.8 Å². The zero-order valence-corrected chi connectivity index (χ0v) is 10.9. The van der Waals surface area contributed by atoms with Crippen molar-refractivity contribution >= 4 is 11.8 Å². The van der Waals surface area contributed by atoms with Crippen LogP contribution in [-0.2, 0) is 9.59 Å². The van der Waals surface area contributed by atoms with Crippen molar-refractivity contribution in [3.8, 4) is 0 Å². The van der Waals surface area contributed by atoms with Gasteiger partial charge in [0.2, 0.25) is 11.8 Å². The lowest BCUT2D eigenvalue weighted by molar-refractivity contribution is -0.140. The predicted octanol–water partition coefficient (Wildman–Crippen LogP) is 0.791. The molecule has 0 aromatic rings. The molecule has 1 saturated heterocycles. The molecule has 1 heterocycles. The van der Waals surface area contributed by atoms with Gasteiger partial charge in [-0.25, -0.2) is 0 Å². The average molecular weight is 248 g/mol. The summed E-state index contributed by atoms with van der Waals surface area (Å²) in [7, 11) is 0. The number of likely N-dealkylation sites (tertiary alicyclic amines) is 1. The summed E-state index contributed by atoms with van der Waals surface area (Å²) < 4.78 is 0. The van der Waals surface area contributed by atoms with E-state index >= 15 is 0 Å². The van der Waals surface area contributed by atoms with Crippen LogP contribution in [0.25, 0.3) is 0 Å². The molecule has 1 saturated carbocycles. The summed E-state index contributed by atoms with van der Waals surface area (Å²) >= 11 is 0. The zero-order valence-electron chi connectivity index (χ0n) is 10.9. The second-order valence-corrected chi connectivity index (χ2v) is 5.94. The Morgan fingerprint density at radius 1 is 1.22 bits per heavy atom. The summed E-state index contributed by atoms with van der Waals surface area (Å²) in [5, 5.41) is 3.26. The van der Waals surface area contributed by atoms with E-state index in [4.69, 9.17) is 0 Å².